The normalized spacial score (nSPS) is 20.3. The molecule has 0 saturated heterocycles. The summed E-state index contributed by atoms with van der Waals surface area (Å²) in [7, 11) is 0. The summed E-state index contributed by atoms with van der Waals surface area (Å²) in [5, 5.41) is 0. The summed E-state index contributed by atoms with van der Waals surface area (Å²) in [6.07, 6.45) is 2.56. The fourth-order valence-corrected chi connectivity index (χ4v) is 3.09. The van der Waals surface area contributed by atoms with Gasteiger partial charge >= 0.3 is 0 Å². The van der Waals surface area contributed by atoms with Crippen molar-refractivity contribution < 1.29 is 0 Å². The van der Waals surface area contributed by atoms with Crippen LogP contribution in [0.2, 0.25) is 0 Å². The lowest BCUT2D eigenvalue weighted by Gasteiger charge is -2.02. The Balaban J connectivity index is 2.16. The molecule has 1 saturated carbocycles. The number of fused-ring (bicyclic) bond motifs is 1. The average molecular weight is 210 g/mol. The zero-order valence-electron chi connectivity index (χ0n) is 7.17. The van der Waals surface area contributed by atoms with Gasteiger partial charge in [0.1, 0.15) is 10.5 Å². The second kappa shape index (κ2) is 2.82. The highest BCUT2D eigenvalue weighted by molar-refractivity contribution is 7.98. The van der Waals surface area contributed by atoms with E-state index in [1.807, 2.05) is 11.8 Å². The van der Waals surface area contributed by atoms with Crippen LogP contribution < -0.4 is 0 Å². The Morgan fingerprint density at radius 1 is 1.38 bits per heavy atom. The zero-order chi connectivity index (χ0) is 8.84. The molecule has 0 atom stereocenters. The molecule has 68 valence electrons. The van der Waals surface area contributed by atoms with Crippen molar-refractivity contribution in [3.8, 4) is 0 Å². The van der Waals surface area contributed by atoms with Gasteiger partial charge < -0.3 is 4.98 Å². The molecule has 1 aliphatic carbocycles. The number of nitrogens with zero attached hydrogens (tertiary/aromatic N) is 1. The van der Waals surface area contributed by atoms with Crippen LogP contribution in [0.25, 0.3) is 0 Å². The van der Waals surface area contributed by atoms with Gasteiger partial charge in [-0.2, -0.15) is 11.8 Å². The maximum atomic E-state index is 5.27. The van der Waals surface area contributed by atoms with Gasteiger partial charge in [0.05, 0.1) is 0 Å². The Hall–Kier alpha value is -0.350. The molecule has 0 unspecified atom stereocenters. The molecule has 13 heavy (non-hydrogen) atoms. The summed E-state index contributed by atoms with van der Waals surface area (Å²) in [6, 6.07) is 0. The first-order chi connectivity index (χ1) is 6.34. The topological polar surface area (TPSA) is 28.7 Å². The van der Waals surface area contributed by atoms with E-state index in [9.17, 15) is 0 Å². The molecule has 1 aromatic rings. The van der Waals surface area contributed by atoms with Crippen molar-refractivity contribution >= 4 is 24.0 Å². The van der Waals surface area contributed by atoms with E-state index < -0.39 is 0 Å². The minimum Gasteiger partial charge on any atom is -0.346 e. The fourth-order valence-electron chi connectivity index (χ4n) is 1.64. The third kappa shape index (κ3) is 1.32. The molecular weight excluding hydrogens is 200 g/mol. The highest BCUT2D eigenvalue weighted by Gasteiger charge is 2.27. The summed E-state index contributed by atoms with van der Waals surface area (Å²) < 4.78 is 0.834. The second-order valence-electron chi connectivity index (χ2n) is 3.65. The quantitative estimate of drug-likeness (QED) is 0.723. The molecule has 0 spiro atoms. The van der Waals surface area contributed by atoms with E-state index in [4.69, 9.17) is 12.2 Å². The first-order valence-corrected chi connectivity index (χ1v) is 6.10. The molecule has 1 aliphatic heterocycles. The highest BCUT2D eigenvalue weighted by atomic mass is 32.2. The maximum Gasteiger partial charge on any atom is 0.134 e. The first-order valence-electron chi connectivity index (χ1n) is 4.54. The molecule has 1 N–H and O–H groups in total. The third-order valence-corrected chi connectivity index (χ3v) is 3.90. The van der Waals surface area contributed by atoms with Crippen LogP contribution in [0.15, 0.2) is 0 Å². The summed E-state index contributed by atoms with van der Waals surface area (Å²) >= 11 is 7.19. The fraction of sp³-hybridized carbons (Fsp3) is 0.556. The van der Waals surface area contributed by atoms with Crippen LogP contribution in [-0.4, -0.2) is 9.97 Å². The number of aromatic amines is 1. The number of rotatable bonds is 1. The number of hydrogen-bond donors (Lipinski definition) is 1. The molecule has 1 fully saturated rings. The van der Waals surface area contributed by atoms with Gasteiger partial charge in [0.15, 0.2) is 0 Å². The monoisotopic (exact) mass is 210 g/mol. The van der Waals surface area contributed by atoms with Gasteiger partial charge in [0.2, 0.25) is 0 Å². The predicted molar refractivity (Wildman–Crippen MR) is 56.4 cm³/mol. The van der Waals surface area contributed by atoms with Crippen LogP contribution in [0.3, 0.4) is 0 Å². The Kier molecular flexibility index (Phi) is 1.73. The molecule has 2 nitrogen and oxygen atoms in total. The van der Waals surface area contributed by atoms with E-state index in [0.717, 1.165) is 22.0 Å². The van der Waals surface area contributed by atoms with E-state index in [1.54, 1.807) is 0 Å². The van der Waals surface area contributed by atoms with Crippen molar-refractivity contribution in [2.45, 2.75) is 30.3 Å². The van der Waals surface area contributed by atoms with Crippen LogP contribution >= 0.6 is 24.0 Å². The van der Waals surface area contributed by atoms with Gasteiger partial charge in [-0.3, -0.25) is 0 Å². The van der Waals surface area contributed by atoms with Crippen molar-refractivity contribution in [1.29, 1.82) is 0 Å². The van der Waals surface area contributed by atoms with Gasteiger partial charge in [-0.25, -0.2) is 4.98 Å². The predicted octanol–water partition coefficient (Wildman–Crippen LogP) is 2.76. The van der Waals surface area contributed by atoms with Gasteiger partial charge in [-0.05, 0) is 12.8 Å². The second-order valence-corrected chi connectivity index (χ2v) is 5.02. The summed E-state index contributed by atoms with van der Waals surface area (Å²) in [4.78, 5) is 7.88. The number of nitrogens with one attached hydrogen (secondary N) is 1. The van der Waals surface area contributed by atoms with E-state index in [0.29, 0.717) is 5.92 Å². The molecule has 3 rings (SSSR count). The molecule has 0 radical (unpaired) electrons. The van der Waals surface area contributed by atoms with Crippen molar-refractivity contribution in [3.05, 3.63) is 21.7 Å². The SMILES string of the molecule is S=c1nc(C2CC2)[nH]c2c1CSC2. The number of aromatic nitrogens is 2. The molecule has 0 aromatic carbocycles. The lowest BCUT2D eigenvalue weighted by molar-refractivity contribution is 0.887. The summed E-state index contributed by atoms with van der Waals surface area (Å²) in [6.45, 7) is 0. The Labute approximate surface area is 86.2 Å². The number of H-pyrrole nitrogens is 1. The van der Waals surface area contributed by atoms with Crippen molar-refractivity contribution in [2.75, 3.05) is 0 Å². The smallest absolute Gasteiger partial charge is 0.134 e. The van der Waals surface area contributed by atoms with Crippen molar-refractivity contribution in [1.82, 2.24) is 9.97 Å². The molecule has 0 amide bonds. The van der Waals surface area contributed by atoms with E-state index in [-0.39, 0.29) is 0 Å². The average Bonchev–Trinajstić information content (AvgIpc) is 2.85. The van der Waals surface area contributed by atoms with Crippen LogP contribution in [-0.2, 0) is 11.5 Å². The molecule has 2 aliphatic rings. The van der Waals surface area contributed by atoms with Crippen LogP contribution in [0.5, 0.6) is 0 Å². The minimum atomic E-state index is 0.678. The standard InChI is InChI=1S/C9H10N2S2/c12-9-6-3-13-4-7(6)10-8(11-9)5-1-2-5/h5H,1-4H2,(H,10,11,12). The first kappa shape index (κ1) is 8.00. The molecule has 1 aromatic heterocycles. The largest absolute Gasteiger partial charge is 0.346 e. The third-order valence-electron chi connectivity index (χ3n) is 2.58. The van der Waals surface area contributed by atoms with E-state index >= 15 is 0 Å². The highest BCUT2D eigenvalue weighted by Crippen LogP contribution is 2.39. The van der Waals surface area contributed by atoms with Crippen molar-refractivity contribution in [2.24, 2.45) is 0 Å². The number of thioether (sulfide) groups is 1. The molecule has 2 heterocycles. The summed E-state index contributed by atoms with van der Waals surface area (Å²) in [5.74, 6) is 3.94. The summed E-state index contributed by atoms with van der Waals surface area (Å²) in [5.41, 5.74) is 2.59. The van der Waals surface area contributed by atoms with E-state index in [1.165, 1.54) is 24.1 Å². The van der Waals surface area contributed by atoms with Gasteiger partial charge in [0.25, 0.3) is 0 Å². The lowest BCUT2D eigenvalue weighted by Crippen LogP contribution is -1.99. The van der Waals surface area contributed by atoms with Crippen molar-refractivity contribution in [3.63, 3.8) is 0 Å². The van der Waals surface area contributed by atoms with Gasteiger partial charge in [-0.1, -0.05) is 12.2 Å². The molecule has 4 heteroatoms. The van der Waals surface area contributed by atoms with Gasteiger partial charge in [-0.15, -0.1) is 0 Å². The van der Waals surface area contributed by atoms with Crippen LogP contribution in [0, 0.1) is 4.64 Å². The van der Waals surface area contributed by atoms with Gasteiger partial charge in [0, 0.05) is 28.7 Å². The Bertz CT molecular complexity index is 407. The molecular formula is C9H10N2S2. The van der Waals surface area contributed by atoms with Crippen LogP contribution in [0.4, 0.5) is 0 Å². The molecule has 0 bridgehead atoms. The number of hydrogen-bond acceptors (Lipinski definition) is 3. The van der Waals surface area contributed by atoms with Crippen LogP contribution in [0.1, 0.15) is 35.8 Å². The lowest BCUT2D eigenvalue weighted by atomic mass is 10.2. The van der Waals surface area contributed by atoms with E-state index in [2.05, 4.69) is 9.97 Å². The Morgan fingerprint density at radius 3 is 3.00 bits per heavy atom. The maximum absolute atomic E-state index is 5.27. The zero-order valence-corrected chi connectivity index (χ0v) is 8.80. The Morgan fingerprint density at radius 2 is 2.23 bits per heavy atom. The minimum absolute atomic E-state index is 0.678.